The smallest absolute Gasteiger partial charge is 0.327 e. The van der Waals surface area contributed by atoms with Crippen LogP contribution in [-0.2, 0) is 4.79 Å². The summed E-state index contributed by atoms with van der Waals surface area (Å²) in [4.78, 5) is 25.4. The van der Waals surface area contributed by atoms with Crippen molar-refractivity contribution in [3.05, 3.63) is 27.8 Å². The Bertz CT molecular complexity index is 579. The van der Waals surface area contributed by atoms with Gasteiger partial charge in [0.25, 0.3) is 0 Å². The van der Waals surface area contributed by atoms with Gasteiger partial charge in [-0.25, -0.2) is 9.59 Å². The van der Waals surface area contributed by atoms with Gasteiger partial charge in [-0.3, -0.25) is 4.90 Å². The Hall–Kier alpha value is -0.960. The molecule has 3 rings (SSSR count). The normalized spacial score (nSPS) is 24.9. The van der Waals surface area contributed by atoms with Gasteiger partial charge in [0.15, 0.2) is 0 Å². The van der Waals surface area contributed by atoms with Crippen molar-refractivity contribution in [1.29, 1.82) is 0 Å². The monoisotopic (exact) mass is 418 g/mol. The molecule has 1 aliphatic heterocycles. The van der Waals surface area contributed by atoms with E-state index in [-0.39, 0.29) is 11.4 Å². The molecule has 112 valence electrons. The first kappa shape index (κ1) is 15.0. The highest BCUT2D eigenvalue weighted by Crippen LogP contribution is 2.45. The highest BCUT2D eigenvalue weighted by Gasteiger charge is 2.48. The van der Waals surface area contributed by atoms with E-state index in [0.717, 1.165) is 16.4 Å². The molecule has 2 atom stereocenters. The molecule has 21 heavy (non-hydrogen) atoms. The molecule has 2 aliphatic rings. The average Bonchev–Trinajstić information content (AvgIpc) is 3.16. The van der Waals surface area contributed by atoms with Gasteiger partial charge in [0.1, 0.15) is 6.04 Å². The maximum atomic E-state index is 12.5. The molecular weight excluding hydrogens is 403 g/mol. The van der Waals surface area contributed by atoms with E-state index in [1.165, 1.54) is 4.90 Å². The van der Waals surface area contributed by atoms with Gasteiger partial charge in [0.2, 0.25) is 0 Å². The molecule has 7 heteroatoms. The summed E-state index contributed by atoms with van der Waals surface area (Å²) in [7, 11) is 0. The van der Waals surface area contributed by atoms with Gasteiger partial charge in [-0.15, -0.1) is 11.8 Å². The number of halogens is 1. The summed E-state index contributed by atoms with van der Waals surface area (Å²) >= 11 is 3.76. The number of urea groups is 1. The van der Waals surface area contributed by atoms with Crippen molar-refractivity contribution in [2.45, 2.75) is 24.3 Å². The maximum absolute atomic E-state index is 12.5. The molecule has 2 N–H and O–H groups in total. The molecule has 1 aliphatic carbocycles. The molecule has 1 saturated heterocycles. The fraction of sp³-hybridized carbons (Fsp3) is 0.429. The molecule has 2 fully saturated rings. The van der Waals surface area contributed by atoms with Crippen LogP contribution in [0, 0.1) is 9.49 Å². The molecule has 0 spiro atoms. The minimum atomic E-state index is -0.927. The van der Waals surface area contributed by atoms with Crippen LogP contribution in [0.5, 0.6) is 0 Å². The second kappa shape index (κ2) is 6.04. The van der Waals surface area contributed by atoms with E-state index in [4.69, 9.17) is 0 Å². The number of anilines is 1. The number of hydrogen-bond donors (Lipinski definition) is 2. The first-order valence-corrected chi connectivity index (χ1v) is 8.88. The number of nitrogens with zero attached hydrogens (tertiary/aromatic N) is 1. The Balaban J connectivity index is 1.77. The van der Waals surface area contributed by atoms with Gasteiger partial charge in [0, 0.05) is 15.0 Å². The predicted molar refractivity (Wildman–Crippen MR) is 90.4 cm³/mol. The van der Waals surface area contributed by atoms with Crippen molar-refractivity contribution in [2.75, 3.05) is 11.1 Å². The highest BCUT2D eigenvalue weighted by atomic mass is 127. The molecule has 1 saturated carbocycles. The Morgan fingerprint density at radius 2 is 2.14 bits per heavy atom. The molecule has 2 amide bonds. The van der Waals surface area contributed by atoms with E-state index in [0.29, 0.717) is 17.4 Å². The largest absolute Gasteiger partial charge is 0.480 e. The number of nitrogens with one attached hydrogen (secondary N) is 1. The number of thioether (sulfide) groups is 1. The Morgan fingerprint density at radius 3 is 2.76 bits per heavy atom. The van der Waals surface area contributed by atoms with Gasteiger partial charge in [-0.05, 0) is 59.5 Å². The van der Waals surface area contributed by atoms with Crippen LogP contribution in [0.15, 0.2) is 24.3 Å². The average molecular weight is 418 g/mol. The molecule has 0 aromatic heterocycles. The van der Waals surface area contributed by atoms with Crippen LogP contribution in [0.25, 0.3) is 0 Å². The van der Waals surface area contributed by atoms with Crippen LogP contribution in [0.1, 0.15) is 12.8 Å². The number of hydrogen-bond acceptors (Lipinski definition) is 3. The predicted octanol–water partition coefficient (Wildman–Crippen LogP) is 3.06. The zero-order valence-electron chi connectivity index (χ0n) is 11.2. The number of carboxylic acid groups (broad SMARTS) is 1. The molecule has 1 aromatic rings. The molecule has 1 heterocycles. The minimum absolute atomic E-state index is 0.00566. The summed E-state index contributed by atoms with van der Waals surface area (Å²) in [5.74, 6) is -0.0135. The van der Waals surface area contributed by atoms with E-state index in [2.05, 4.69) is 27.9 Å². The molecule has 1 aromatic carbocycles. The second-order valence-corrected chi connectivity index (χ2v) is 7.66. The van der Waals surface area contributed by atoms with E-state index in [1.807, 2.05) is 24.3 Å². The van der Waals surface area contributed by atoms with Crippen LogP contribution in [0.2, 0.25) is 0 Å². The number of carbonyl (C=O) groups is 2. The summed E-state index contributed by atoms with van der Waals surface area (Å²) in [5.41, 5.74) is 0.697. The quantitative estimate of drug-likeness (QED) is 0.741. The molecule has 2 unspecified atom stereocenters. The van der Waals surface area contributed by atoms with Gasteiger partial charge >= 0.3 is 12.0 Å². The van der Waals surface area contributed by atoms with E-state index in [1.54, 1.807) is 11.8 Å². The Labute approximate surface area is 140 Å². The van der Waals surface area contributed by atoms with Gasteiger partial charge in [-0.2, -0.15) is 0 Å². The lowest BCUT2D eigenvalue weighted by Gasteiger charge is -2.27. The first-order valence-electron chi connectivity index (χ1n) is 6.75. The van der Waals surface area contributed by atoms with Crippen LogP contribution in [0.3, 0.4) is 0 Å². The number of benzene rings is 1. The topological polar surface area (TPSA) is 69.6 Å². The third-order valence-corrected chi connectivity index (χ3v) is 5.79. The number of rotatable bonds is 3. The lowest BCUT2D eigenvalue weighted by Crippen LogP contribution is -2.48. The Morgan fingerprint density at radius 1 is 1.38 bits per heavy atom. The molecule has 0 bridgehead atoms. The van der Waals surface area contributed by atoms with Crippen molar-refractivity contribution in [2.24, 2.45) is 5.92 Å². The van der Waals surface area contributed by atoms with Gasteiger partial charge in [-0.1, -0.05) is 6.07 Å². The zero-order chi connectivity index (χ0) is 15.0. The van der Waals surface area contributed by atoms with Crippen LogP contribution in [0.4, 0.5) is 10.5 Å². The third-order valence-electron chi connectivity index (χ3n) is 3.66. The number of amides is 2. The number of aliphatic carboxylic acids is 1. The van der Waals surface area contributed by atoms with Crippen molar-refractivity contribution in [3.63, 3.8) is 0 Å². The lowest BCUT2D eigenvalue weighted by molar-refractivity contribution is -0.141. The maximum Gasteiger partial charge on any atom is 0.327 e. The lowest BCUT2D eigenvalue weighted by atomic mass is 10.2. The van der Waals surface area contributed by atoms with E-state index in [9.17, 15) is 14.7 Å². The number of carbonyl (C=O) groups excluding carboxylic acids is 1. The van der Waals surface area contributed by atoms with Gasteiger partial charge < -0.3 is 10.4 Å². The number of carboxylic acids is 1. The third kappa shape index (κ3) is 3.28. The first-order chi connectivity index (χ1) is 10.1. The molecular formula is C14H15IN2O3S. The van der Waals surface area contributed by atoms with Crippen LogP contribution in [-0.4, -0.2) is 39.2 Å². The van der Waals surface area contributed by atoms with Crippen molar-refractivity contribution in [1.82, 2.24) is 4.90 Å². The summed E-state index contributed by atoms with van der Waals surface area (Å²) < 4.78 is 1.02. The summed E-state index contributed by atoms with van der Waals surface area (Å²) in [6, 6.07) is 6.43. The zero-order valence-corrected chi connectivity index (χ0v) is 14.1. The minimum Gasteiger partial charge on any atom is -0.480 e. The SMILES string of the molecule is O=C(O)C1CSC(C2CC2)N1C(=O)Nc1cccc(I)c1. The highest BCUT2D eigenvalue weighted by molar-refractivity contribution is 14.1. The van der Waals surface area contributed by atoms with Crippen molar-refractivity contribution in [3.8, 4) is 0 Å². The van der Waals surface area contributed by atoms with E-state index >= 15 is 0 Å². The molecule has 0 radical (unpaired) electrons. The van der Waals surface area contributed by atoms with Crippen LogP contribution >= 0.6 is 34.4 Å². The fourth-order valence-electron chi connectivity index (χ4n) is 2.47. The summed E-state index contributed by atoms with van der Waals surface area (Å²) in [6.45, 7) is 0. The fourth-order valence-corrected chi connectivity index (χ4v) is 4.65. The van der Waals surface area contributed by atoms with Crippen molar-refractivity contribution < 1.29 is 14.7 Å². The summed E-state index contributed by atoms with van der Waals surface area (Å²) in [6.07, 6.45) is 2.16. The van der Waals surface area contributed by atoms with Crippen molar-refractivity contribution >= 4 is 52.0 Å². The van der Waals surface area contributed by atoms with Crippen LogP contribution < -0.4 is 5.32 Å². The van der Waals surface area contributed by atoms with Gasteiger partial charge in [0.05, 0.1) is 5.37 Å². The van der Waals surface area contributed by atoms with E-state index < -0.39 is 12.0 Å². The Kier molecular flexibility index (Phi) is 4.30. The molecule has 5 nitrogen and oxygen atoms in total. The second-order valence-electron chi connectivity index (χ2n) is 5.26. The summed E-state index contributed by atoms with van der Waals surface area (Å²) in [5, 5.41) is 12.1. The standard InChI is InChI=1S/C14H15IN2O3S/c15-9-2-1-3-10(6-9)16-14(20)17-11(13(18)19)7-21-12(17)8-4-5-8/h1-3,6,8,11-12H,4-5,7H2,(H,16,20)(H,18,19).